The molecule has 5 nitrogen and oxygen atoms in total. The van der Waals surface area contributed by atoms with Crippen LogP contribution in [0.5, 0.6) is 0 Å². The zero-order valence-electron chi connectivity index (χ0n) is 11.8. The van der Waals surface area contributed by atoms with Crippen LogP contribution in [0.3, 0.4) is 0 Å². The molecule has 1 aliphatic carbocycles. The zero-order valence-corrected chi connectivity index (χ0v) is 13.5. The van der Waals surface area contributed by atoms with E-state index in [9.17, 15) is 13.2 Å². The lowest BCUT2D eigenvalue weighted by molar-refractivity contribution is -0.0329. The van der Waals surface area contributed by atoms with Crippen LogP contribution in [0.25, 0.3) is 11.5 Å². The molecule has 3 rings (SSSR count). The van der Waals surface area contributed by atoms with Crippen LogP contribution >= 0.6 is 24.2 Å². The Bertz CT molecular complexity index is 673. The molecule has 126 valence electrons. The molecule has 1 saturated carbocycles. The van der Waals surface area contributed by atoms with Gasteiger partial charge >= 0.3 is 5.51 Å². The average Bonchev–Trinajstić information content (AvgIpc) is 3.07. The molecular formula is C13H14ClF3N4OS. The van der Waals surface area contributed by atoms with E-state index >= 15 is 0 Å². The quantitative estimate of drug-likeness (QED) is 0.830. The Labute approximate surface area is 140 Å². The molecule has 2 heterocycles. The van der Waals surface area contributed by atoms with Crippen LogP contribution in [-0.2, 0) is 5.54 Å². The highest BCUT2D eigenvalue weighted by atomic mass is 35.5. The molecule has 23 heavy (non-hydrogen) atoms. The first-order chi connectivity index (χ1) is 10.4. The molecule has 1 fully saturated rings. The summed E-state index contributed by atoms with van der Waals surface area (Å²) >= 11 is -0.307. The second-order valence-electron chi connectivity index (χ2n) is 5.19. The van der Waals surface area contributed by atoms with E-state index in [0.717, 1.165) is 25.7 Å². The zero-order chi connectivity index (χ0) is 15.8. The third-order valence-corrected chi connectivity index (χ3v) is 4.33. The Balaban J connectivity index is 0.00000192. The van der Waals surface area contributed by atoms with Crippen LogP contribution in [0.1, 0.15) is 31.5 Å². The molecule has 0 aliphatic heterocycles. The van der Waals surface area contributed by atoms with E-state index in [2.05, 4.69) is 15.1 Å². The highest BCUT2D eigenvalue weighted by Crippen LogP contribution is 2.41. The maximum Gasteiger partial charge on any atom is 0.447 e. The fraction of sp³-hybridized carbons (Fsp3) is 0.462. The summed E-state index contributed by atoms with van der Waals surface area (Å²) in [5, 5.41) is 3.63. The fourth-order valence-corrected chi connectivity index (χ4v) is 3.11. The minimum absolute atomic E-state index is 0. The summed E-state index contributed by atoms with van der Waals surface area (Å²) < 4.78 is 42.9. The number of nitrogens with two attached hydrogens (primary N) is 1. The van der Waals surface area contributed by atoms with Crippen molar-refractivity contribution in [3.05, 3.63) is 24.2 Å². The minimum atomic E-state index is -4.44. The predicted octanol–water partition coefficient (Wildman–Crippen LogP) is 3.89. The summed E-state index contributed by atoms with van der Waals surface area (Å²) in [4.78, 5) is 7.95. The predicted molar refractivity (Wildman–Crippen MR) is 81.0 cm³/mol. The summed E-state index contributed by atoms with van der Waals surface area (Å²) in [7, 11) is 0. The molecule has 1 aliphatic rings. The van der Waals surface area contributed by atoms with Crippen LogP contribution in [0.4, 0.5) is 13.2 Å². The lowest BCUT2D eigenvalue weighted by Crippen LogP contribution is -2.34. The molecule has 2 aromatic heterocycles. The second-order valence-corrected chi connectivity index (χ2v) is 6.24. The number of rotatable bonds is 3. The van der Waals surface area contributed by atoms with Crippen molar-refractivity contribution in [2.24, 2.45) is 5.73 Å². The van der Waals surface area contributed by atoms with Gasteiger partial charge in [-0.1, -0.05) is 18.0 Å². The number of pyridine rings is 1. The Morgan fingerprint density at radius 2 is 1.96 bits per heavy atom. The van der Waals surface area contributed by atoms with Crippen molar-refractivity contribution >= 4 is 24.2 Å². The first-order valence-corrected chi connectivity index (χ1v) is 7.53. The van der Waals surface area contributed by atoms with Crippen LogP contribution in [0.2, 0.25) is 0 Å². The maximum absolute atomic E-state index is 12.6. The fourth-order valence-electron chi connectivity index (χ4n) is 2.51. The SMILES string of the molecule is Cl.NC1(c2noc(-c3cccnc3SC(F)(F)F)n2)CCCC1. The maximum atomic E-state index is 12.6. The van der Waals surface area contributed by atoms with E-state index in [4.69, 9.17) is 10.3 Å². The summed E-state index contributed by atoms with van der Waals surface area (Å²) in [6.45, 7) is 0. The summed E-state index contributed by atoms with van der Waals surface area (Å²) in [6, 6.07) is 2.99. The van der Waals surface area contributed by atoms with Crippen LogP contribution < -0.4 is 5.73 Å². The molecule has 0 bridgehead atoms. The molecule has 0 atom stereocenters. The number of thioether (sulfide) groups is 1. The number of hydrogen-bond acceptors (Lipinski definition) is 6. The Hall–Kier alpha value is -1.32. The number of aromatic nitrogens is 3. The van der Waals surface area contributed by atoms with Crippen molar-refractivity contribution in [1.82, 2.24) is 15.1 Å². The van der Waals surface area contributed by atoms with Crippen molar-refractivity contribution in [3.8, 4) is 11.5 Å². The molecule has 0 unspecified atom stereocenters. The van der Waals surface area contributed by atoms with Gasteiger partial charge < -0.3 is 10.3 Å². The van der Waals surface area contributed by atoms with Crippen LogP contribution in [0, 0.1) is 0 Å². The monoisotopic (exact) mass is 366 g/mol. The lowest BCUT2D eigenvalue weighted by Gasteiger charge is -2.17. The first kappa shape index (κ1) is 18.0. The second kappa shape index (κ2) is 6.66. The van der Waals surface area contributed by atoms with Gasteiger partial charge in [-0.05, 0) is 25.0 Å². The van der Waals surface area contributed by atoms with Gasteiger partial charge in [0.25, 0.3) is 5.89 Å². The number of halogens is 4. The molecule has 10 heteroatoms. The number of nitrogens with zero attached hydrogens (tertiary/aromatic N) is 3. The molecule has 2 N–H and O–H groups in total. The van der Waals surface area contributed by atoms with Crippen LogP contribution in [0.15, 0.2) is 27.9 Å². The van der Waals surface area contributed by atoms with Gasteiger partial charge in [-0.25, -0.2) is 4.98 Å². The third kappa shape index (κ3) is 3.96. The lowest BCUT2D eigenvalue weighted by atomic mass is 9.99. The van der Waals surface area contributed by atoms with E-state index < -0.39 is 11.0 Å². The van der Waals surface area contributed by atoms with Gasteiger partial charge in [-0.15, -0.1) is 12.4 Å². The minimum Gasteiger partial charge on any atom is -0.334 e. The van der Waals surface area contributed by atoms with Gasteiger partial charge in [-0.3, -0.25) is 0 Å². The smallest absolute Gasteiger partial charge is 0.334 e. The standard InChI is InChI=1S/C13H13F3N4OS.ClH/c14-13(15,16)22-10-8(4-3-7-18-10)9-19-11(20-21-9)12(17)5-1-2-6-12;/h3-4,7H,1-2,5-6,17H2;1H. The van der Waals surface area contributed by atoms with Crippen molar-refractivity contribution in [1.29, 1.82) is 0 Å². The van der Waals surface area contributed by atoms with Gasteiger partial charge in [-0.2, -0.15) is 18.2 Å². The average molecular weight is 367 g/mol. The van der Waals surface area contributed by atoms with E-state index in [1.165, 1.54) is 18.3 Å². The topological polar surface area (TPSA) is 77.8 Å². The van der Waals surface area contributed by atoms with Gasteiger partial charge in [0.15, 0.2) is 5.82 Å². The molecule has 2 aromatic rings. The van der Waals surface area contributed by atoms with Crippen molar-refractivity contribution < 1.29 is 17.7 Å². The van der Waals surface area contributed by atoms with Gasteiger partial charge in [0.1, 0.15) is 5.03 Å². The highest BCUT2D eigenvalue weighted by molar-refractivity contribution is 8.00. The molecule has 0 radical (unpaired) electrons. The van der Waals surface area contributed by atoms with Gasteiger partial charge in [0.05, 0.1) is 11.1 Å². The van der Waals surface area contributed by atoms with Gasteiger partial charge in [0.2, 0.25) is 0 Å². The Morgan fingerprint density at radius 3 is 2.61 bits per heavy atom. The van der Waals surface area contributed by atoms with Crippen molar-refractivity contribution in [2.75, 3.05) is 0 Å². The van der Waals surface area contributed by atoms with Crippen LogP contribution in [-0.4, -0.2) is 20.6 Å². The summed E-state index contributed by atoms with van der Waals surface area (Å²) in [6.07, 6.45) is 4.72. The Kier molecular flexibility index (Phi) is 5.22. The van der Waals surface area contributed by atoms with E-state index in [1.807, 2.05) is 0 Å². The Morgan fingerprint density at radius 1 is 1.26 bits per heavy atom. The first-order valence-electron chi connectivity index (χ1n) is 6.72. The summed E-state index contributed by atoms with van der Waals surface area (Å²) in [5.41, 5.74) is 1.29. The molecule has 0 spiro atoms. The molecule has 0 amide bonds. The number of hydrogen-bond donors (Lipinski definition) is 1. The largest absolute Gasteiger partial charge is 0.447 e. The molecule has 0 aromatic carbocycles. The van der Waals surface area contributed by atoms with Crippen molar-refractivity contribution in [3.63, 3.8) is 0 Å². The molecule has 0 saturated heterocycles. The van der Waals surface area contributed by atoms with E-state index in [1.54, 1.807) is 0 Å². The highest BCUT2D eigenvalue weighted by Gasteiger charge is 2.37. The van der Waals surface area contributed by atoms with Crippen molar-refractivity contribution in [2.45, 2.75) is 41.8 Å². The third-order valence-electron chi connectivity index (χ3n) is 3.58. The number of alkyl halides is 3. The normalized spacial score (nSPS) is 17.0. The van der Waals surface area contributed by atoms with E-state index in [0.29, 0.717) is 5.82 Å². The summed E-state index contributed by atoms with van der Waals surface area (Å²) in [5.74, 6) is 0.346. The molecular weight excluding hydrogens is 353 g/mol. The van der Waals surface area contributed by atoms with E-state index in [-0.39, 0.29) is 40.6 Å². The van der Waals surface area contributed by atoms with Gasteiger partial charge in [0, 0.05) is 18.0 Å².